The Morgan fingerprint density at radius 1 is 0.903 bits per heavy atom. The lowest BCUT2D eigenvalue weighted by atomic mass is 9.90. The van der Waals surface area contributed by atoms with Crippen molar-refractivity contribution in [1.82, 2.24) is 24.8 Å². The van der Waals surface area contributed by atoms with Gasteiger partial charge in [0.05, 0.1) is 11.7 Å². The zero-order valence-electron chi connectivity index (χ0n) is 19.0. The van der Waals surface area contributed by atoms with Crippen LogP contribution < -0.4 is 4.90 Å². The molecule has 2 saturated heterocycles. The van der Waals surface area contributed by atoms with Crippen LogP contribution in [0.1, 0.15) is 49.4 Å². The van der Waals surface area contributed by atoms with Gasteiger partial charge in [-0.2, -0.15) is 0 Å². The molecule has 2 aromatic rings. The van der Waals surface area contributed by atoms with Gasteiger partial charge in [-0.25, -0.2) is 9.97 Å². The third-order valence-corrected chi connectivity index (χ3v) is 7.19. The van der Waals surface area contributed by atoms with Crippen LogP contribution in [0, 0.1) is 0 Å². The molecule has 0 radical (unpaired) electrons. The molecule has 1 aliphatic carbocycles. The lowest BCUT2D eigenvalue weighted by molar-refractivity contribution is 0.145. The van der Waals surface area contributed by atoms with Gasteiger partial charge in [-0.3, -0.25) is 9.88 Å². The Morgan fingerprint density at radius 3 is 2.48 bits per heavy atom. The molecule has 3 aliphatic rings. The number of likely N-dealkylation sites (N-methyl/N-ethyl adjacent to an activating group) is 1. The highest BCUT2D eigenvalue weighted by Crippen LogP contribution is 2.34. The number of likely N-dealkylation sites (tertiary alicyclic amines) is 1. The number of hydrogen-bond acceptors (Lipinski definition) is 7. The fraction of sp³-hybridized carbons (Fsp3) is 0.625. The van der Waals surface area contributed by atoms with Crippen molar-refractivity contribution in [3.05, 3.63) is 41.9 Å². The Labute approximate surface area is 191 Å². The summed E-state index contributed by atoms with van der Waals surface area (Å²) in [5, 5.41) is 0.853. The molecule has 2 fully saturated rings. The van der Waals surface area contributed by atoms with Crippen LogP contribution in [-0.2, 0) is 6.42 Å². The van der Waals surface area contributed by atoms with E-state index in [1.165, 1.54) is 62.9 Å². The Morgan fingerprint density at radius 2 is 1.71 bits per heavy atom. The van der Waals surface area contributed by atoms with Crippen molar-refractivity contribution in [1.29, 1.82) is 0 Å². The first-order chi connectivity index (χ1) is 15.2. The molecule has 0 spiro atoms. The first kappa shape index (κ1) is 22.5. The van der Waals surface area contributed by atoms with E-state index >= 15 is 0 Å². The van der Waals surface area contributed by atoms with Crippen LogP contribution in [-0.4, -0.2) is 77.3 Å². The molecule has 2 aromatic heterocycles. The highest BCUT2D eigenvalue weighted by atomic mass is 32.2. The smallest absolute Gasteiger partial charge is 0.189 e. The van der Waals surface area contributed by atoms with Crippen LogP contribution in [0.3, 0.4) is 0 Å². The quantitative estimate of drug-likeness (QED) is 0.530. The van der Waals surface area contributed by atoms with Crippen molar-refractivity contribution in [2.45, 2.75) is 49.7 Å². The number of pyridine rings is 1. The Kier molecular flexibility index (Phi) is 8.16. The maximum Gasteiger partial charge on any atom is 0.189 e. The van der Waals surface area contributed by atoms with Gasteiger partial charge in [0, 0.05) is 38.6 Å². The number of anilines is 1. The first-order valence-electron chi connectivity index (χ1n) is 11.7. The van der Waals surface area contributed by atoms with Crippen LogP contribution in [0.2, 0.25) is 0 Å². The average molecular weight is 441 g/mol. The summed E-state index contributed by atoms with van der Waals surface area (Å²) in [6.45, 7) is 6.89. The monoisotopic (exact) mass is 440 g/mol. The van der Waals surface area contributed by atoms with Crippen LogP contribution in [0.15, 0.2) is 35.7 Å². The zero-order valence-corrected chi connectivity index (χ0v) is 19.9. The van der Waals surface area contributed by atoms with Crippen molar-refractivity contribution >= 4 is 17.6 Å². The van der Waals surface area contributed by atoms with Gasteiger partial charge in [-0.15, -0.1) is 0 Å². The molecule has 0 bridgehead atoms. The molecule has 168 valence electrons. The highest BCUT2D eigenvalue weighted by Gasteiger charge is 2.27. The zero-order chi connectivity index (χ0) is 21.5. The molecular weight excluding hydrogens is 404 g/mol. The largest absolute Gasteiger partial charge is 0.354 e. The molecule has 1 atom stereocenters. The topological polar surface area (TPSA) is 48.4 Å². The molecule has 0 aromatic carbocycles. The second-order valence-corrected chi connectivity index (χ2v) is 9.52. The van der Waals surface area contributed by atoms with E-state index in [0.29, 0.717) is 6.04 Å². The summed E-state index contributed by atoms with van der Waals surface area (Å²) in [6.07, 6.45) is 13.8. The summed E-state index contributed by atoms with van der Waals surface area (Å²) in [6, 6.07) is 6.95. The van der Waals surface area contributed by atoms with Crippen LogP contribution in [0.5, 0.6) is 0 Å². The molecule has 6 nitrogen and oxygen atoms in total. The van der Waals surface area contributed by atoms with Crippen molar-refractivity contribution in [2.24, 2.45) is 0 Å². The number of rotatable bonds is 3. The first-order valence-corrected chi connectivity index (χ1v) is 13.0. The van der Waals surface area contributed by atoms with Gasteiger partial charge in [0.2, 0.25) is 0 Å². The van der Waals surface area contributed by atoms with E-state index in [0.717, 1.165) is 37.2 Å². The van der Waals surface area contributed by atoms with E-state index in [4.69, 9.17) is 0 Å². The molecule has 0 saturated carbocycles. The van der Waals surface area contributed by atoms with E-state index in [1.807, 2.05) is 24.7 Å². The van der Waals surface area contributed by atoms with E-state index < -0.39 is 0 Å². The Hall–Kier alpha value is -1.70. The van der Waals surface area contributed by atoms with Crippen molar-refractivity contribution < 1.29 is 0 Å². The molecule has 0 unspecified atom stereocenters. The van der Waals surface area contributed by atoms with Gasteiger partial charge in [0.15, 0.2) is 5.16 Å². The van der Waals surface area contributed by atoms with Crippen molar-refractivity contribution in [3.8, 4) is 0 Å². The predicted molar refractivity (Wildman–Crippen MR) is 129 cm³/mol. The van der Waals surface area contributed by atoms with Crippen LogP contribution >= 0.6 is 11.8 Å². The fourth-order valence-electron chi connectivity index (χ4n) is 4.81. The predicted octanol–water partition coefficient (Wildman–Crippen LogP) is 3.90. The fourth-order valence-corrected chi connectivity index (χ4v) is 5.16. The number of piperidine rings is 1. The third kappa shape index (κ3) is 5.96. The van der Waals surface area contributed by atoms with Gasteiger partial charge in [0.1, 0.15) is 5.82 Å². The minimum Gasteiger partial charge on any atom is -0.354 e. The summed E-state index contributed by atoms with van der Waals surface area (Å²) in [5.74, 6) is 1.06. The maximum absolute atomic E-state index is 4.63. The number of aryl methyl sites for hydroxylation is 1. The molecule has 4 heterocycles. The van der Waals surface area contributed by atoms with Crippen molar-refractivity contribution in [3.63, 3.8) is 0 Å². The number of fused-ring (bicyclic) bond motifs is 1. The van der Waals surface area contributed by atoms with Gasteiger partial charge < -0.3 is 9.80 Å². The standard InChI is InChI=1S/C14H20N2.C10H16N4S/c1-2-10-16(11-3-1)13-8-4-6-12-7-5-9-15-14(12)13;1-13-5-7-14(8-6-13)9-3-4-11-10(12-9)15-2/h5,7,9,13H,1-4,6,8,10-11H2;3-4H,5-8H2,1-2H3/t13-;/m0./s1. The van der Waals surface area contributed by atoms with Gasteiger partial charge in [-0.05, 0) is 76.2 Å². The summed E-state index contributed by atoms with van der Waals surface area (Å²) in [4.78, 5) is 20.6. The number of nitrogens with zero attached hydrogens (tertiary/aromatic N) is 6. The maximum atomic E-state index is 4.63. The van der Waals surface area contributed by atoms with E-state index in [-0.39, 0.29) is 0 Å². The highest BCUT2D eigenvalue weighted by molar-refractivity contribution is 7.98. The van der Waals surface area contributed by atoms with Crippen LogP contribution in [0.25, 0.3) is 0 Å². The van der Waals surface area contributed by atoms with E-state index in [9.17, 15) is 0 Å². The van der Waals surface area contributed by atoms with Crippen LogP contribution in [0.4, 0.5) is 5.82 Å². The summed E-state index contributed by atoms with van der Waals surface area (Å²) >= 11 is 1.59. The van der Waals surface area contributed by atoms with Gasteiger partial charge in [-0.1, -0.05) is 24.2 Å². The summed E-state index contributed by atoms with van der Waals surface area (Å²) < 4.78 is 0. The molecule has 31 heavy (non-hydrogen) atoms. The number of aromatic nitrogens is 3. The summed E-state index contributed by atoms with van der Waals surface area (Å²) in [5.41, 5.74) is 2.86. The Bertz CT molecular complexity index is 817. The number of hydrogen-bond donors (Lipinski definition) is 0. The molecule has 5 rings (SSSR count). The third-order valence-electron chi connectivity index (χ3n) is 6.63. The van der Waals surface area contributed by atoms with Gasteiger partial charge in [0.25, 0.3) is 0 Å². The normalized spacial score (nSPS) is 22.4. The summed E-state index contributed by atoms with van der Waals surface area (Å²) in [7, 11) is 2.16. The number of piperazine rings is 1. The second-order valence-electron chi connectivity index (χ2n) is 8.74. The molecule has 2 aliphatic heterocycles. The van der Waals surface area contributed by atoms with Crippen molar-refractivity contribution in [2.75, 3.05) is 57.5 Å². The molecule has 0 N–H and O–H groups in total. The Balaban J connectivity index is 0.000000150. The molecular formula is C24H36N6S. The minimum absolute atomic E-state index is 0.616. The SMILES string of the molecule is CSc1nccc(N2CCN(C)CC2)n1.c1cnc2c(c1)CCC[C@@H]2N1CCCCC1. The van der Waals surface area contributed by atoms with E-state index in [2.05, 4.69) is 48.8 Å². The molecule has 7 heteroatoms. The second kappa shape index (κ2) is 11.2. The van der Waals surface area contributed by atoms with E-state index in [1.54, 1.807) is 11.8 Å². The lowest BCUT2D eigenvalue weighted by Crippen LogP contribution is -2.44. The lowest BCUT2D eigenvalue weighted by Gasteiger charge is -2.37. The molecule has 0 amide bonds. The minimum atomic E-state index is 0.616. The number of thioether (sulfide) groups is 1. The average Bonchev–Trinajstić information content (AvgIpc) is 2.85. The van der Waals surface area contributed by atoms with Gasteiger partial charge >= 0.3 is 0 Å².